The normalized spacial score (nSPS) is 11.9. The van der Waals surface area contributed by atoms with Gasteiger partial charge in [0.15, 0.2) is 0 Å². The molecular formula is C42H39O3PS2. The van der Waals surface area contributed by atoms with Crippen LogP contribution in [0.5, 0.6) is 0 Å². The fourth-order valence-electron chi connectivity index (χ4n) is 6.22. The van der Waals surface area contributed by atoms with Crippen LogP contribution in [0.3, 0.4) is 0 Å². The van der Waals surface area contributed by atoms with Crippen LogP contribution in [0, 0.1) is 0 Å². The van der Waals surface area contributed by atoms with E-state index in [0.29, 0.717) is 24.7 Å². The van der Waals surface area contributed by atoms with Crippen molar-refractivity contribution in [2.75, 3.05) is 24.7 Å². The number of hydrogen-bond acceptors (Lipinski definition) is 5. The Morgan fingerprint density at radius 2 is 0.583 bits per heavy atom. The lowest BCUT2D eigenvalue weighted by atomic mass is 9.84. The molecule has 0 saturated heterocycles. The van der Waals surface area contributed by atoms with Crippen molar-refractivity contribution in [3.05, 3.63) is 215 Å². The van der Waals surface area contributed by atoms with Crippen molar-refractivity contribution in [2.45, 2.75) is 9.49 Å². The van der Waals surface area contributed by atoms with E-state index in [2.05, 4.69) is 146 Å². The first kappa shape index (κ1) is 34.0. The molecule has 0 heterocycles. The molecule has 0 aliphatic rings. The molecule has 6 aromatic carbocycles. The molecule has 0 atom stereocenters. The Hall–Kier alpha value is -3.83. The SMILES string of the molecule is O=[PH](OCCSC(c1ccccc1)(c1ccccc1)c1ccccc1)OCCSC(c1ccccc1)(c1ccccc1)c1ccccc1. The largest absolute Gasteiger partial charge is 0.319 e. The van der Waals surface area contributed by atoms with E-state index < -0.39 is 17.7 Å². The lowest BCUT2D eigenvalue weighted by molar-refractivity contribution is 0.246. The van der Waals surface area contributed by atoms with Gasteiger partial charge in [-0.15, -0.1) is 23.5 Å². The third kappa shape index (κ3) is 7.73. The van der Waals surface area contributed by atoms with Crippen LogP contribution in [-0.2, 0) is 23.1 Å². The summed E-state index contributed by atoms with van der Waals surface area (Å²) >= 11 is 3.58. The summed E-state index contributed by atoms with van der Waals surface area (Å²) in [6.45, 7) is 0.623. The molecule has 242 valence electrons. The molecule has 0 aliphatic heterocycles. The Labute approximate surface area is 293 Å². The van der Waals surface area contributed by atoms with Crippen molar-refractivity contribution in [1.82, 2.24) is 0 Å². The highest BCUT2D eigenvalue weighted by molar-refractivity contribution is 8.00. The summed E-state index contributed by atoms with van der Waals surface area (Å²) in [4.78, 5) is 0. The molecule has 3 nitrogen and oxygen atoms in total. The van der Waals surface area contributed by atoms with Gasteiger partial charge in [0, 0.05) is 11.5 Å². The van der Waals surface area contributed by atoms with Crippen LogP contribution < -0.4 is 0 Å². The molecule has 0 bridgehead atoms. The van der Waals surface area contributed by atoms with E-state index in [0.717, 1.165) is 0 Å². The van der Waals surface area contributed by atoms with Crippen LogP contribution in [0.4, 0.5) is 0 Å². The lowest BCUT2D eigenvalue weighted by Gasteiger charge is -2.35. The molecule has 0 amide bonds. The van der Waals surface area contributed by atoms with Gasteiger partial charge in [0.05, 0.1) is 22.7 Å². The van der Waals surface area contributed by atoms with Gasteiger partial charge in [0.2, 0.25) is 0 Å². The Morgan fingerprint density at radius 1 is 0.375 bits per heavy atom. The summed E-state index contributed by atoms with van der Waals surface area (Å²) in [5, 5.41) is 0. The number of benzene rings is 6. The van der Waals surface area contributed by atoms with E-state index in [-0.39, 0.29) is 0 Å². The van der Waals surface area contributed by atoms with Gasteiger partial charge in [-0.3, -0.25) is 4.57 Å². The Kier molecular flexibility index (Phi) is 12.1. The first-order valence-corrected chi connectivity index (χ1v) is 19.3. The van der Waals surface area contributed by atoms with Gasteiger partial charge in [-0.1, -0.05) is 182 Å². The van der Waals surface area contributed by atoms with Gasteiger partial charge < -0.3 is 9.05 Å². The zero-order valence-electron chi connectivity index (χ0n) is 26.7. The van der Waals surface area contributed by atoms with Crippen LogP contribution in [0.2, 0.25) is 0 Å². The molecule has 0 aromatic heterocycles. The number of hydrogen-bond donors (Lipinski definition) is 0. The fraction of sp³-hybridized carbons (Fsp3) is 0.143. The zero-order valence-corrected chi connectivity index (χ0v) is 29.3. The molecule has 0 aliphatic carbocycles. The molecule has 0 saturated carbocycles. The summed E-state index contributed by atoms with van der Waals surface area (Å²) in [6.07, 6.45) is 0. The molecule has 0 spiro atoms. The third-order valence-corrected chi connectivity index (χ3v) is 12.2. The second-order valence-electron chi connectivity index (χ2n) is 11.2. The average molecular weight is 687 g/mol. The Morgan fingerprint density at radius 3 is 0.792 bits per heavy atom. The highest BCUT2D eigenvalue weighted by Gasteiger charge is 2.38. The predicted molar refractivity (Wildman–Crippen MR) is 204 cm³/mol. The van der Waals surface area contributed by atoms with Gasteiger partial charge in [-0.05, 0) is 33.4 Å². The van der Waals surface area contributed by atoms with E-state index in [1.165, 1.54) is 33.4 Å². The highest BCUT2D eigenvalue weighted by atomic mass is 32.2. The van der Waals surface area contributed by atoms with Gasteiger partial charge in [0.1, 0.15) is 0 Å². The van der Waals surface area contributed by atoms with Crippen molar-refractivity contribution in [3.63, 3.8) is 0 Å². The van der Waals surface area contributed by atoms with E-state index in [1.807, 2.05) is 36.4 Å². The summed E-state index contributed by atoms with van der Waals surface area (Å²) < 4.78 is 23.8. The lowest BCUT2D eigenvalue weighted by Crippen LogP contribution is -2.26. The summed E-state index contributed by atoms with van der Waals surface area (Å²) in [5.41, 5.74) is 7.12. The van der Waals surface area contributed by atoms with Crippen LogP contribution in [0.1, 0.15) is 33.4 Å². The van der Waals surface area contributed by atoms with E-state index in [1.54, 1.807) is 23.5 Å². The van der Waals surface area contributed by atoms with Crippen LogP contribution in [0.15, 0.2) is 182 Å². The maximum absolute atomic E-state index is 13.0. The maximum Gasteiger partial charge on any atom is 0.319 e. The Bertz CT molecular complexity index is 1500. The number of rotatable bonds is 16. The zero-order chi connectivity index (χ0) is 32.9. The minimum Gasteiger partial charge on any atom is -0.310 e. The van der Waals surface area contributed by atoms with Gasteiger partial charge >= 0.3 is 8.25 Å². The van der Waals surface area contributed by atoms with E-state index in [9.17, 15) is 4.57 Å². The third-order valence-electron chi connectivity index (χ3n) is 8.33. The highest BCUT2D eigenvalue weighted by Crippen LogP contribution is 2.50. The summed E-state index contributed by atoms with van der Waals surface area (Å²) in [5.74, 6) is 1.26. The molecule has 0 unspecified atom stereocenters. The predicted octanol–water partition coefficient (Wildman–Crippen LogP) is 10.9. The molecule has 0 radical (unpaired) electrons. The van der Waals surface area contributed by atoms with Gasteiger partial charge in [-0.2, -0.15) is 0 Å². The van der Waals surface area contributed by atoms with Gasteiger partial charge in [0.25, 0.3) is 0 Å². The van der Waals surface area contributed by atoms with Crippen molar-refractivity contribution < 1.29 is 13.6 Å². The monoisotopic (exact) mass is 686 g/mol. The molecule has 0 fully saturated rings. The minimum atomic E-state index is -2.69. The van der Waals surface area contributed by atoms with Crippen molar-refractivity contribution >= 4 is 31.8 Å². The van der Waals surface area contributed by atoms with Crippen LogP contribution >= 0.6 is 31.8 Å². The second-order valence-corrected chi connectivity index (χ2v) is 14.9. The van der Waals surface area contributed by atoms with E-state index in [4.69, 9.17) is 9.05 Å². The standard InChI is InChI=1S/C42H39O3PS2/c43-46(44-31-33-47-41(35-19-7-1-8-20-35,36-21-9-2-10-22-36)37-23-11-3-12-24-37)45-32-34-48-42(38-25-13-4-14-26-38,39-27-15-5-16-28-39)40-29-17-6-18-30-40/h1-30,46H,31-34H2. The molecule has 6 heteroatoms. The fourth-order valence-corrected chi connectivity index (χ4v) is 9.90. The maximum atomic E-state index is 13.0. The Balaban J connectivity index is 1.12. The van der Waals surface area contributed by atoms with E-state index >= 15 is 0 Å². The van der Waals surface area contributed by atoms with Gasteiger partial charge in [-0.25, -0.2) is 0 Å². The molecule has 6 aromatic rings. The quantitative estimate of drug-likeness (QED) is 0.0575. The number of thioether (sulfide) groups is 2. The van der Waals surface area contributed by atoms with Crippen molar-refractivity contribution in [2.24, 2.45) is 0 Å². The first-order chi connectivity index (χ1) is 23.7. The van der Waals surface area contributed by atoms with Crippen molar-refractivity contribution in [3.8, 4) is 0 Å². The topological polar surface area (TPSA) is 35.5 Å². The summed E-state index contributed by atoms with van der Waals surface area (Å²) in [6, 6.07) is 63.4. The van der Waals surface area contributed by atoms with Crippen molar-refractivity contribution in [1.29, 1.82) is 0 Å². The molecule has 48 heavy (non-hydrogen) atoms. The molecule has 6 rings (SSSR count). The molecular weight excluding hydrogens is 648 g/mol. The van der Waals surface area contributed by atoms with Crippen LogP contribution in [-0.4, -0.2) is 24.7 Å². The first-order valence-electron chi connectivity index (χ1n) is 16.1. The average Bonchev–Trinajstić information content (AvgIpc) is 3.17. The minimum absolute atomic E-state index is 0.311. The summed E-state index contributed by atoms with van der Waals surface area (Å²) in [7, 11) is -2.69. The van der Waals surface area contributed by atoms with Crippen LogP contribution in [0.25, 0.3) is 0 Å². The smallest absolute Gasteiger partial charge is 0.310 e. The second kappa shape index (κ2) is 17.0. The molecule has 0 N–H and O–H groups in total.